The van der Waals surface area contributed by atoms with Gasteiger partial charge in [-0.2, -0.15) is 0 Å². The van der Waals surface area contributed by atoms with Crippen LogP contribution in [-0.2, 0) is 6.54 Å². The lowest BCUT2D eigenvalue weighted by molar-refractivity contribution is 0.0900. The fourth-order valence-electron chi connectivity index (χ4n) is 3.15. The SMILES string of the molecule is Cc1cccc(CN2CCCC(NC(=O)c3cccnc3)C2)c1. The first kappa shape index (κ1) is 15.7. The van der Waals surface area contributed by atoms with Crippen LogP contribution in [0, 0.1) is 6.92 Å². The molecule has 1 unspecified atom stereocenters. The number of likely N-dealkylation sites (tertiary alicyclic amines) is 1. The molecule has 4 nitrogen and oxygen atoms in total. The molecular formula is C19H23N3O. The quantitative estimate of drug-likeness (QED) is 0.944. The third-order valence-electron chi connectivity index (χ3n) is 4.25. The molecule has 0 bridgehead atoms. The summed E-state index contributed by atoms with van der Waals surface area (Å²) in [5.74, 6) is -0.0273. The number of hydrogen-bond acceptors (Lipinski definition) is 3. The number of piperidine rings is 1. The number of amides is 1. The van der Waals surface area contributed by atoms with E-state index in [4.69, 9.17) is 0 Å². The monoisotopic (exact) mass is 309 g/mol. The number of nitrogens with zero attached hydrogens (tertiary/aromatic N) is 2. The predicted molar refractivity (Wildman–Crippen MR) is 91.2 cm³/mol. The van der Waals surface area contributed by atoms with Crippen LogP contribution in [0.1, 0.15) is 34.3 Å². The van der Waals surface area contributed by atoms with E-state index in [2.05, 4.69) is 46.4 Å². The van der Waals surface area contributed by atoms with Crippen molar-refractivity contribution in [1.29, 1.82) is 0 Å². The molecule has 4 heteroatoms. The van der Waals surface area contributed by atoms with Gasteiger partial charge in [-0.15, -0.1) is 0 Å². The molecule has 120 valence electrons. The summed E-state index contributed by atoms with van der Waals surface area (Å²) in [6.45, 7) is 5.06. The molecule has 1 N–H and O–H groups in total. The van der Waals surface area contributed by atoms with Crippen molar-refractivity contribution in [2.75, 3.05) is 13.1 Å². The molecule has 0 saturated carbocycles. The second kappa shape index (κ2) is 7.38. The van der Waals surface area contributed by atoms with Crippen LogP contribution in [0.5, 0.6) is 0 Å². The van der Waals surface area contributed by atoms with Crippen molar-refractivity contribution in [3.05, 3.63) is 65.5 Å². The fraction of sp³-hybridized carbons (Fsp3) is 0.368. The molecule has 1 atom stereocenters. The largest absolute Gasteiger partial charge is 0.348 e. The topological polar surface area (TPSA) is 45.2 Å². The Bertz CT molecular complexity index is 657. The van der Waals surface area contributed by atoms with Crippen molar-refractivity contribution >= 4 is 5.91 Å². The molecule has 0 spiro atoms. The summed E-state index contributed by atoms with van der Waals surface area (Å²) >= 11 is 0. The Morgan fingerprint density at radius 3 is 3.04 bits per heavy atom. The minimum Gasteiger partial charge on any atom is -0.348 e. The Morgan fingerprint density at radius 2 is 2.26 bits per heavy atom. The number of carbonyl (C=O) groups excluding carboxylic acids is 1. The van der Waals surface area contributed by atoms with Gasteiger partial charge in [0.25, 0.3) is 5.91 Å². The normalized spacial score (nSPS) is 18.6. The number of pyridine rings is 1. The number of rotatable bonds is 4. The van der Waals surface area contributed by atoms with E-state index in [0.29, 0.717) is 5.56 Å². The molecule has 1 amide bonds. The highest BCUT2D eigenvalue weighted by molar-refractivity contribution is 5.94. The Morgan fingerprint density at radius 1 is 1.35 bits per heavy atom. The zero-order valence-electron chi connectivity index (χ0n) is 13.5. The van der Waals surface area contributed by atoms with Crippen molar-refractivity contribution < 1.29 is 4.79 Å². The number of carbonyl (C=O) groups is 1. The van der Waals surface area contributed by atoms with E-state index in [0.717, 1.165) is 32.5 Å². The van der Waals surface area contributed by atoms with E-state index in [-0.39, 0.29) is 11.9 Å². The average Bonchev–Trinajstić information content (AvgIpc) is 2.56. The summed E-state index contributed by atoms with van der Waals surface area (Å²) in [5.41, 5.74) is 3.26. The second-order valence-corrected chi connectivity index (χ2v) is 6.28. The van der Waals surface area contributed by atoms with Gasteiger partial charge in [0.15, 0.2) is 0 Å². The Kier molecular flexibility index (Phi) is 5.03. The molecule has 1 fully saturated rings. The molecule has 1 aromatic heterocycles. The first-order valence-corrected chi connectivity index (χ1v) is 8.19. The van der Waals surface area contributed by atoms with Crippen LogP contribution in [0.3, 0.4) is 0 Å². The maximum Gasteiger partial charge on any atom is 0.253 e. The van der Waals surface area contributed by atoms with Crippen molar-refractivity contribution in [3.8, 4) is 0 Å². The minimum atomic E-state index is -0.0273. The summed E-state index contributed by atoms with van der Waals surface area (Å²) in [6, 6.07) is 12.4. The average molecular weight is 309 g/mol. The second-order valence-electron chi connectivity index (χ2n) is 6.28. The van der Waals surface area contributed by atoms with Crippen molar-refractivity contribution in [3.63, 3.8) is 0 Å². The fourth-order valence-corrected chi connectivity index (χ4v) is 3.15. The van der Waals surface area contributed by atoms with Crippen molar-refractivity contribution in [1.82, 2.24) is 15.2 Å². The van der Waals surface area contributed by atoms with Gasteiger partial charge in [-0.05, 0) is 44.0 Å². The van der Waals surface area contributed by atoms with Gasteiger partial charge in [0.05, 0.1) is 5.56 Å². The number of hydrogen-bond donors (Lipinski definition) is 1. The van der Waals surface area contributed by atoms with Gasteiger partial charge in [0.1, 0.15) is 0 Å². The maximum absolute atomic E-state index is 12.3. The van der Waals surface area contributed by atoms with E-state index in [1.54, 1.807) is 24.5 Å². The maximum atomic E-state index is 12.3. The molecular weight excluding hydrogens is 286 g/mol. The van der Waals surface area contributed by atoms with E-state index < -0.39 is 0 Å². The van der Waals surface area contributed by atoms with Crippen LogP contribution >= 0.6 is 0 Å². The van der Waals surface area contributed by atoms with Crippen LogP contribution < -0.4 is 5.32 Å². The number of nitrogens with one attached hydrogen (secondary N) is 1. The van der Waals surface area contributed by atoms with Gasteiger partial charge in [0.2, 0.25) is 0 Å². The van der Waals surface area contributed by atoms with Crippen LogP contribution in [0.25, 0.3) is 0 Å². The zero-order valence-corrected chi connectivity index (χ0v) is 13.5. The molecule has 2 aromatic rings. The van der Waals surface area contributed by atoms with Gasteiger partial charge < -0.3 is 5.32 Å². The standard InChI is InChI=1S/C19H23N3O/c1-15-5-2-6-16(11-15)13-22-10-4-8-18(14-22)21-19(23)17-7-3-9-20-12-17/h2-3,5-7,9,11-12,18H,4,8,10,13-14H2,1H3,(H,21,23). The van der Waals surface area contributed by atoms with Gasteiger partial charge in [-0.3, -0.25) is 14.7 Å². The molecule has 0 radical (unpaired) electrons. The van der Waals surface area contributed by atoms with Crippen molar-refractivity contribution in [2.24, 2.45) is 0 Å². The van der Waals surface area contributed by atoms with Gasteiger partial charge in [0, 0.05) is 31.5 Å². The van der Waals surface area contributed by atoms with E-state index >= 15 is 0 Å². The lowest BCUT2D eigenvalue weighted by Gasteiger charge is -2.33. The summed E-state index contributed by atoms with van der Waals surface area (Å²) in [7, 11) is 0. The van der Waals surface area contributed by atoms with E-state index in [1.165, 1.54) is 11.1 Å². The Balaban J connectivity index is 1.57. The highest BCUT2D eigenvalue weighted by Gasteiger charge is 2.21. The molecule has 1 aliphatic rings. The first-order valence-electron chi connectivity index (χ1n) is 8.19. The Labute approximate surface area is 137 Å². The smallest absolute Gasteiger partial charge is 0.253 e. The first-order chi connectivity index (χ1) is 11.2. The van der Waals surface area contributed by atoms with Crippen LogP contribution in [0.4, 0.5) is 0 Å². The predicted octanol–water partition coefficient (Wildman–Crippen LogP) is 2.78. The van der Waals surface area contributed by atoms with Crippen LogP contribution in [0.15, 0.2) is 48.8 Å². The molecule has 1 saturated heterocycles. The van der Waals surface area contributed by atoms with Crippen LogP contribution in [0.2, 0.25) is 0 Å². The summed E-state index contributed by atoms with van der Waals surface area (Å²) in [6.07, 6.45) is 5.45. The zero-order chi connectivity index (χ0) is 16.1. The minimum absolute atomic E-state index is 0.0273. The third-order valence-corrected chi connectivity index (χ3v) is 4.25. The van der Waals surface area contributed by atoms with Crippen LogP contribution in [-0.4, -0.2) is 34.9 Å². The number of aromatic nitrogens is 1. The van der Waals surface area contributed by atoms with E-state index in [9.17, 15) is 4.79 Å². The van der Waals surface area contributed by atoms with Gasteiger partial charge in [-0.25, -0.2) is 0 Å². The highest BCUT2D eigenvalue weighted by atomic mass is 16.1. The molecule has 0 aliphatic carbocycles. The van der Waals surface area contributed by atoms with E-state index in [1.807, 2.05) is 0 Å². The summed E-state index contributed by atoms with van der Waals surface area (Å²) in [4.78, 5) is 18.7. The third kappa shape index (κ3) is 4.39. The highest BCUT2D eigenvalue weighted by Crippen LogP contribution is 2.15. The summed E-state index contributed by atoms with van der Waals surface area (Å²) in [5, 5.41) is 3.14. The lowest BCUT2D eigenvalue weighted by Crippen LogP contribution is -2.47. The van der Waals surface area contributed by atoms with Gasteiger partial charge >= 0.3 is 0 Å². The molecule has 2 heterocycles. The number of benzene rings is 1. The lowest BCUT2D eigenvalue weighted by atomic mass is 10.0. The molecule has 1 aromatic carbocycles. The van der Waals surface area contributed by atoms with Crippen molar-refractivity contribution in [2.45, 2.75) is 32.4 Å². The van der Waals surface area contributed by atoms with Gasteiger partial charge in [-0.1, -0.05) is 29.8 Å². The molecule has 1 aliphatic heterocycles. The number of aryl methyl sites for hydroxylation is 1. The summed E-state index contributed by atoms with van der Waals surface area (Å²) < 4.78 is 0. The molecule has 3 rings (SSSR count). The molecule has 23 heavy (non-hydrogen) atoms. The Hall–Kier alpha value is -2.20.